The van der Waals surface area contributed by atoms with Crippen LogP contribution in [0.4, 0.5) is 0 Å². The Kier molecular flexibility index (Phi) is 11.3. The highest BCUT2D eigenvalue weighted by molar-refractivity contribution is 6.42. The lowest BCUT2D eigenvalue weighted by Crippen LogP contribution is -2.31. The van der Waals surface area contributed by atoms with Gasteiger partial charge in [0.25, 0.3) is 0 Å². The normalized spacial score (nSPS) is 13.8. The largest absolute Gasteiger partial charge is 0.478 e. The van der Waals surface area contributed by atoms with E-state index in [1.807, 2.05) is 13.1 Å². The Morgan fingerprint density at radius 2 is 1.66 bits per heavy atom. The van der Waals surface area contributed by atoms with Gasteiger partial charge < -0.3 is 20.0 Å². The summed E-state index contributed by atoms with van der Waals surface area (Å²) >= 11 is 11.8. The Hall–Kier alpha value is -2.09. The number of hydrogen-bond donors (Lipinski definition) is 2. The van der Waals surface area contributed by atoms with Gasteiger partial charge in [-0.1, -0.05) is 29.3 Å². The van der Waals surface area contributed by atoms with Gasteiger partial charge >= 0.3 is 11.9 Å². The second kappa shape index (κ2) is 13.2. The number of carboxylic acid groups (broad SMARTS) is 2. The van der Waals surface area contributed by atoms with Gasteiger partial charge in [-0.3, -0.25) is 4.79 Å². The van der Waals surface area contributed by atoms with Gasteiger partial charge in [0.2, 0.25) is 5.91 Å². The van der Waals surface area contributed by atoms with Crippen LogP contribution in [-0.2, 0) is 20.8 Å². The minimum Gasteiger partial charge on any atom is -0.478 e. The van der Waals surface area contributed by atoms with Gasteiger partial charge in [0.15, 0.2) is 0 Å². The zero-order valence-electron chi connectivity index (χ0n) is 16.3. The van der Waals surface area contributed by atoms with Gasteiger partial charge in [0, 0.05) is 25.7 Å². The predicted molar refractivity (Wildman–Crippen MR) is 113 cm³/mol. The van der Waals surface area contributed by atoms with Crippen molar-refractivity contribution in [3.63, 3.8) is 0 Å². The zero-order chi connectivity index (χ0) is 21.8. The quantitative estimate of drug-likeness (QED) is 0.597. The third-order valence-electron chi connectivity index (χ3n) is 4.30. The Bertz CT molecular complexity index is 718. The molecule has 0 unspecified atom stereocenters. The monoisotopic (exact) mass is 444 g/mol. The summed E-state index contributed by atoms with van der Waals surface area (Å²) < 4.78 is 0. The number of amides is 1. The zero-order valence-corrected chi connectivity index (χ0v) is 17.8. The van der Waals surface area contributed by atoms with Crippen molar-refractivity contribution < 1.29 is 24.6 Å². The van der Waals surface area contributed by atoms with Crippen LogP contribution in [0.2, 0.25) is 10.0 Å². The van der Waals surface area contributed by atoms with Crippen molar-refractivity contribution in [2.75, 3.05) is 33.2 Å². The molecule has 160 valence electrons. The second-order valence-corrected chi connectivity index (χ2v) is 7.47. The Morgan fingerprint density at radius 3 is 2.17 bits per heavy atom. The highest BCUT2D eigenvalue weighted by Gasteiger charge is 2.13. The summed E-state index contributed by atoms with van der Waals surface area (Å²) in [6.45, 7) is 4.31. The first-order chi connectivity index (χ1) is 13.7. The molecule has 7 nitrogen and oxygen atoms in total. The number of halogens is 2. The lowest BCUT2D eigenvalue weighted by Gasteiger charge is -2.20. The van der Waals surface area contributed by atoms with Gasteiger partial charge in [0.1, 0.15) is 0 Å². The third kappa shape index (κ3) is 10.9. The Labute approximate surface area is 180 Å². The summed E-state index contributed by atoms with van der Waals surface area (Å²) in [6.07, 6.45) is 5.14. The highest BCUT2D eigenvalue weighted by atomic mass is 35.5. The van der Waals surface area contributed by atoms with Crippen molar-refractivity contribution in [3.8, 4) is 0 Å². The van der Waals surface area contributed by atoms with Gasteiger partial charge in [0.05, 0.1) is 16.5 Å². The van der Waals surface area contributed by atoms with E-state index in [9.17, 15) is 14.4 Å². The first-order valence-electron chi connectivity index (χ1n) is 9.23. The maximum Gasteiger partial charge on any atom is 0.328 e. The van der Waals surface area contributed by atoms with Crippen LogP contribution in [0.3, 0.4) is 0 Å². The summed E-state index contributed by atoms with van der Waals surface area (Å²) in [7, 11) is 1.86. The molecule has 29 heavy (non-hydrogen) atoms. The van der Waals surface area contributed by atoms with E-state index in [0.29, 0.717) is 28.6 Å². The summed E-state index contributed by atoms with van der Waals surface area (Å²) in [5, 5.41) is 16.6. The predicted octanol–water partition coefficient (Wildman–Crippen LogP) is 3.19. The van der Waals surface area contributed by atoms with Crippen molar-refractivity contribution in [1.29, 1.82) is 0 Å². The van der Waals surface area contributed by atoms with E-state index < -0.39 is 11.9 Å². The first-order valence-corrected chi connectivity index (χ1v) is 9.99. The number of carbonyl (C=O) groups is 3. The number of carbonyl (C=O) groups excluding carboxylic acids is 1. The summed E-state index contributed by atoms with van der Waals surface area (Å²) in [5.74, 6) is -2.39. The van der Waals surface area contributed by atoms with Gasteiger partial charge in [-0.25, -0.2) is 9.59 Å². The van der Waals surface area contributed by atoms with Crippen LogP contribution in [0.5, 0.6) is 0 Å². The van der Waals surface area contributed by atoms with Crippen LogP contribution in [0, 0.1) is 0 Å². The summed E-state index contributed by atoms with van der Waals surface area (Å²) in [5.41, 5.74) is 0.904. The molecule has 2 rings (SSSR count). The SMILES string of the molecule is CN(CCCN1CCCC1)C(=O)Cc1ccc(Cl)c(Cl)c1.O=C(O)/C=C/C(=O)O. The average Bonchev–Trinajstić information content (AvgIpc) is 3.17. The highest BCUT2D eigenvalue weighted by Crippen LogP contribution is 2.23. The molecule has 0 bridgehead atoms. The number of hydrogen-bond acceptors (Lipinski definition) is 4. The first kappa shape index (κ1) is 24.9. The molecule has 1 aliphatic heterocycles. The number of likely N-dealkylation sites (N-methyl/N-ethyl adjacent to an activating group) is 1. The minimum atomic E-state index is -1.26. The number of aliphatic carboxylic acids is 2. The molecule has 1 aromatic rings. The fourth-order valence-electron chi connectivity index (χ4n) is 2.76. The molecule has 0 aromatic heterocycles. The molecule has 2 N–H and O–H groups in total. The summed E-state index contributed by atoms with van der Waals surface area (Å²) in [6, 6.07) is 5.35. The maximum atomic E-state index is 12.2. The molecule has 1 heterocycles. The fraction of sp³-hybridized carbons (Fsp3) is 0.450. The molecule has 0 aliphatic carbocycles. The lowest BCUT2D eigenvalue weighted by atomic mass is 10.1. The minimum absolute atomic E-state index is 0.120. The van der Waals surface area contributed by atoms with Crippen molar-refractivity contribution in [1.82, 2.24) is 9.80 Å². The molecule has 0 spiro atoms. The van der Waals surface area contributed by atoms with E-state index in [1.165, 1.54) is 25.9 Å². The number of benzene rings is 1. The Balaban J connectivity index is 0.000000447. The van der Waals surface area contributed by atoms with E-state index >= 15 is 0 Å². The smallest absolute Gasteiger partial charge is 0.328 e. The van der Waals surface area contributed by atoms with Crippen molar-refractivity contribution in [2.24, 2.45) is 0 Å². The molecule has 1 fully saturated rings. The Morgan fingerprint density at radius 1 is 1.07 bits per heavy atom. The van der Waals surface area contributed by atoms with Crippen LogP contribution in [0.25, 0.3) is 0 Å². The third-order valence-corrected chi connectivity index (χ3v) is 5.04. The maximum absolute atomic E-state index is 12.2. The van der Waals surface area contributed by atoms with E-state index in [1.54, 1.807) is 17.0 Å². The molecule has 0 saturated carbocycles. The standard InChI is InChI=1S/C16H22Cl2N2O.C4H4O4/c1-19(7-4-10-20-8-2-3-9-20)16(21)12-13-5-6-14(17)15(18)11-13;5-3(6)1-2-4(7)8/h5-6,11H,2-4,7-10,12H2,1H3;1-2H,(H,5,6)(H,7,8)/b;2-1+. The molecule has 0 atom stereocenters. The van der Waals surface area contributed by atoms with Crippen LogP contribution < -0.4 is 0 Å². The second-order valence-electron chi connectivity index (χ2n) is 6.65. The molecule has 0 radical (unpaired) electrons. The molecule has 1 saturated heterocycles. The topological polar surface area (TPSA) is 98.2 Å². The molecule has 1 aromatic carbocycles. The number of rotatable bonds is 8. The van der Waals surface area contributed by atoms with E-state index in [2.05, 4.69) is 4.90 Å². The summed E-state index contributed by atoms with van der Waals surface area (Å²) in [4.78, 5) is 35.6. The van der Waals surface area contributed by atoms with Crippen molar-refractivity contribution in [3.05, 3.63) is 46.0 Å². The van der Waals surface area contributed by atoms with E-state index in [4.69, 9.17) is 33.4 Å². The van der Waals surface area contributed by atoms with E-state index in [0.717, 1.165) is 25.1 Å². The molecular formula is C20H26Cl2N2O5. The van der Waals surface area contributed by atoms with Crippen molar-refractivity contribution >= 4 is 41.0 Å². The fourth-order valence-corrected chi connectivity index (χ4v) is 3.08. The van der Waals surface area contributed by atoms with Gasteiger partial charge in [-0.15, -0.1) is 0 Å². The average molecular weight is 445 g/mol. The van der Waals surface area contributed by atoms with Crippen molar-refractivity contribution in [2.45, 2.75) is 25.7 Å². The lowest BCUT2D eigenvalue weighted by molar-refractivity contribution is -0.134. The number of carboxylic acids is 2. The van der Waals surface area contributed by atoms with E-state index in [-0.39, 0.29) is 5.91 Å². The molecular weight excluding hydrogens is 419 g/mol. The molecule has 1 aliphatic rings. The van der Waals surface area contributed by atoms with Gasteiger partial charge in [-0.05, 0) is 56.6 Å². The molecule has 9 heteroatoms. The van der Waals surface area contributed by atoms with Crippen LogP contribution in [0.15, 0.2) is 30.4 Å². The molecule has 1 amide bonds. The van der Waals surface area contributed by atoms with Crippen LogP contribution in [0.1, 0.15) is 24.8 Å². The van der Waals surface area contributed by atoms with Gasteiger partial charge in [-0.2, -0.15) is 0 Å². The number of likely N-dealkylation sites (tertiary alicyclic amines) is 1. The van der Waals surface area contributed by atoms with Crippen LogP contribution >= 0.6 is 23.2 Å². The number of nitrogens with zero attached hydrogens (tertiary/aromatic N) is 2. The van der Waals surface area contributed by atoms with Crippen LogP contribution in [-0.4, -0.2) is 71.1 Å².